The van der Waals surface area contributed by atoms with Gasteiger partial charge in [0.25, 0.3) is 0 Å². The predicted molar refractivity (Wildman–Crippen MR) is 74.0 cm³/mol. The Labute approximate surface area is 113 Å². The second-order valence-corrected chi connectivity index (χ2v) is 4.39. The molecule has 1 heterocycles. The third-order valence-corrected chi connectivity index (χ3v) is 2.92. The second kappa shape index (κ2) is 4.91. The highest BCUT2D eigenvalue weighted by Gasteiger charge is 2.07. The van der Waals surface area contributed by atoms with Gasteiger partial charge in [-0.2, -0.15) is 0 Å². The van der Waals surface area contributed by atoms with E-state index in [1.807, 2.05) is 24.3 Å². The average molecular weight is 287 g/mol. The summed E-state index contributed by atoms with van der Waals surface area (Å²) in [6.07, 6.45) is 1.56. The molecular formula is C10H8Cl2N4S. The Morgan fingerprint density at radius 3 is 2.41 bits per heavy atom. The quantitative estimate of drug-likeness (QED) is 0.834. The summed E-state index contributed by atoms with van der Waals surface area (Å²) in [5.41, 5.74) is 7.03. The van der Waals surface area contributed by atoms with Crippen LogP contribution in [-0.4, -0.2) is 14.7 Å². The summed E-state index contributed by atoms with van der Waals surface area (Å²) in [5.74, 6) is 0. The molecule has 1 aromatic heterocycles. The van der Waals surface area contributed by atoms with E-state index < -0.39 is 0 Å². The van der Waals surface area contributed by atoms with Crippen molar-refractivity contribution < 1.29 is 0 Å². The van der Waals surface area contributed by atoms with Gasteiger partial charge in [0.15, 0.2) is 15.4 Å². The third-order valence-electron chi connectivity index (χ3n) is 2.08. The lowest BCUT2D eigenvalue weighted by atomic mass is 10.3. The summed E-state index contributed by atoms with van der Waals surface area (Å²) in [6.45, 7) is 0. The molecule has 0 aliphatic heterocycles. The molecule has 2 aromatic rings. The number of aromatic nitrogens is 2. The number of hydrogen-bond donors (Lipinski definition) is 2. The zero-order chi connectivity index (χ0) is 12.4. The Morgan fingerprint density at radius 2 is 1.94 bits per heavy atom. The van der Waals surface area contributed by atoms with Crippen molar-refractivity contribution in [2.45, 2.75) is 0 Å². The molecule has 1 aromatic carbocycles. The van der Waals surface area contributed by atoms with E-state index in [0.29, 0.717) is 5.15 Å². The summed E-state index contributed by atoms with van der Waals surface area (Å²) in [4.78, 5) is 3.90. The Morgan fingerprint density at radius 1 is 1.29 bits per heavy atom. The molecule has 0 spiro atoms. The number of nitrogens with zero attached hydrogens (tertiary/aromatic N) is 2. The molecule has 0 unspecified atom stereocenters. The first-order chi connectivity index (χ1) is 8.08. The highest BCUT2D eigenvalue weighted by Crippen LogP contribution is 2.24. The van der Waals surface area contributed by atoms with Crippen LogP contribution in [0.3, 0.4) is 0 Å². The molecule has 0 atom stereocenters. The van der Waals surface area contributed by atoms with Gasteiger partial charge in [-0.25, -0.2) is 4.98 Å². The molecule has 0 saturated heterocycles. The molecule has 3 N–H and O–H groups in total. The fraction of sp³-hybridized carbons (Fsp3) is 0. The summed E-state index contributed by atoms with van der Waals surface area (Å²) < 4.78 is 1.68. The number of nitrogens with one attached hydrogen (secondary N) is 1. The number of thiocarbonyl (C=S) groups is 1. The smallest absolute Gasteiger partial charge is 0.168 e. The van der Waals surface area contributed by atoms with Crippen molar-refractivity contribution in [1.82, 2.24) is 9.55 Å². The molecule has 0 radical (unpaired) electrons. The van der Waals surface area contributed by atoms with E-state index in [1.54, 1.807) is 10.9 Å². The molecule has 7 heteroatoms. The lowest BCUT2D eigenvalue weighted by Crippen LogP contribution is -2.18. The molecule has 0 bridgehead atoms. The largest absolute Gasteiger partial charge is 0.376 e. The Balaban J connectivity index is 2.29. The van der Waals surface area contributed by atoms with Crippen LogP contribution in [0.4, 0.5) is 5.69 Å². The number of rotatable bonds is 2. The number of nitrogens with two attached hydrogens (primary N) is 1. The zero-order valence-corrected chi connectivity index (χ0v) is 10.9. The fourth-order valence-corrected chi connectivity index (χ4v) is 1.78. The van der Waals surface area contributed by atoms with Crippen LogP contribution in [0.5, 0.6) is 0 Å². The van der Waals surface area contributed by atoms with E-state index in [0.717, 1.165) is 11.4 Å². The van der Waals surface area contributed by atoms with Gasteiger partial charge in [-0.3, -0.25) is 4.57 Å². The maximum atomic E-state index is 5.98. The SMILES string of the molecule is NC(=S)Nc1ccc(-n2cnc(Cl)c2Cl)cc1. The van der Waals surface area contributed by atoms with Crippen LogP contribution in [0.2, 0.25) is 10.3 Å². The van der Waals surface area contributed by atoms with Gasteiger partial charge in [-0.1, -0.05) is 23.2 Å². The highest BCUT2D eigenvalue weighted by molar-refractivity contribution is 7.80. The van der Waals surface area contributed by atoms with E-state index >= 15 is 0 Å². The van der Waals surface area contributed by atoms with Crippen molar-refractivity contribution in [3.05, 3.63) is 40.9 Å². The van der Waals surface area contributed by atoms with Gasteiger partial charge in [-0.05, 0) is 36.5 Å². The monoisotopic (exact) mass is 286 g/mol. The number of benzene rings is 1. The summed E-state index contributed by atoms with van der Waals surface area (Å²) in [6, 6.07) is 7.37. The lowest BCUT2D eigenvalue weighted by molar-refractivity contribution is 1.06. The second-order valence-electron chi connectivity index (χ2n) is 3.23. The Bertz CT molecular complexity index is 550. The van der Waals surface area contributed by atoms with Crippen LogP contribution in [0.15, 0.2) is 30.6 Å². The lowest BCUT2D eigenvalue weighted by Gasteiger charge is -2.06. The van der Waals surface area contributed by atoms with Gasteiger partial charge in [0, 0.05) is 11.4 Å². The number of halogens is 2. The van der Waals surface area contributed by atoms with Crippen molar-refractivity contribution in [1.29, 1.82) is 0 Å². The highest BCUT2D eigenvalue weighted by atomic mass is 35.5. The van der Waals surface area contributed by atoms with Crippen LogP contribution in [-0.2, 0) is 0 Å². The van der Waals surface area contributed by atoms with Crippen LogP contribution in [0.25, 0.3) is 5.69 Å². The van der Waals surface area contributed by atoms with E-state index in [9.17, 15) is 0 Å². The molecule has 0 amide bonds. The molecule has 0 aliphatic rings. The first-order valence-electron chi connectivity index (χ1n) is 4.63. The molecule has 2 rings (SSSR count). The minimum absolute atomic E-state index is 0.224. The van der Waals surface area contributed by atoms with E-state index in [4.69, 9.17) is 41.2 Å². The Hall–Kier alpha value is -1.30. The summed E-state index contributed by atoms with van der Waals surface area (Å²) in [5, 5.41) is 3.70. The van der Waals surface area contributed by atoms with Gasteiger partial charge in [0.1, 0.15) is 6.33 Å². The van der Waals surface area contributed by atoms with Gasteiger partial charge in [0.2, 0.25) is 0 Å². The molecular weight excluding hydrogens is 279 g/mol. The van der Waals surface area contributed by atoms with Crippen LogP contribution >= 0.6 is 35.4 Å². The van der Waals surface area contributed by atoms with Gasteiger partial charge >= 0.3 is 0 Å². The van der Waals surface area contributed by atoms with Gasteiger partial charge in [-0.15, -0.1) is 0 Å². The minimum Gasteiger partial charge on any atom is -0.376 e. The molecule has 0 aliphatic carbocycles. The molecule has 4 nitrogen and oxygen atoms in total. The average Bonchev–Trinajstić information content (AvgIpc) is 2.60. The number of imidazole rings is 1. The summed E-state index contributed by atoms with van der Waals surface area (Å²) in [7, 11) is 0. The Kier molecular flexibility index (Phi) is 3.51. The van der Waals surface area contributed by atoms with Gasteiger partial charge < -0.3 is 11.1 Å². The zero-order valence-electron chi connectivity index (χ0n) is 8.52. The van der Waals surface area contributed by atoms with Crippen molar-refractivity contribution >= 4 is 46.2 Å². The van der Waals surface area contributed by atoms with Gasteiger partial charge in [0.05, 0.1) is 0 Å². The van der Waals surface area contributed by atoms with Crippen LogP contribution in [0.1, 0.15) is 0 Å². The van der Waals surface area contributed by atoms with Crippen LogP contribution < -0.4 is 11.1 Å². The first-order valence-corrected chi connectivity index (χ1v) is 5.79. The molecule has 17 heavy (non-hydrogen) atoms. The minimum atomic E-state index is 0.224. The predicted octanol–water partition coefficient (Wildman–Crippen LogP) is 2.83. The van der Waals surface area contributed by atoms with Crippen molar-refractivity contribution in [2.24, 2.45) is 5.73 Å². The van der Waals surface area contributed by atoms with Crippen LogP contribution in [0, 0.1) is 0 Å². The van der Waals surface area contributed by atoms with E-state index in [2.05, 4.69) is 10.3 Å². The van der Waals surface area contributed by atoms with Crippen molar-refractivity contribution in [3.63, 3.8) is 0 Å². The first kappa shape index (κ1) is 12.2. The van der Waals surface area contributed by atoms with Crippen molar-refractivity contribution in [3.8, 4) is 5.69 Å². The number of hydrogen-bond acceptors (Lipinski definition) is 2. The molecule has 0 fully saturated rings. The summed E-state index contributed by atoms with van der Waals surface area (Å²) >= 11 is 16.5. The fourth-order valence-electron chi connectivity index (χ4n) is 1.34. The maximum Gasteiger partial charge on any atom is 0.168 e. The third kappa shape index (κ3) is 2.69. The standard InChI is InChI=1S/C10H8Cl2N4S/c11-8-9(12)16(5-14-8)7-3-1-6(2-4-7)15-10(13)17/h1-5H,(H3,13,15,17). The number of anilines is 1. The molecule has 88 valence electrons. The normalized spacial score (nSPS) is 10.2. The molecule has 0 saturated carbocycles. The van der Waals surface area contributed by atoms with Crippen molar-refractivity contribution in [2.75, 3.05) is 5.32 Å². The topological polar surface area (TPSA) is 55.9 Å². The van der Waals surface area contributed by atoms with E-state index in [-0.39, 0.29) is 10.3 Å². The maximum absolute atomic E-state index is 5.98. The van der Waals surface area contributed by atoms with E-state index in [1.165, 1.54) is 0 Å².